The minimum atomic E-state index is -0.726. The van der Waals surface area contributed by atoms with Gasteiger partial charge in [0.25, 0.3) is 0 Å². The molecule has 1 saturated carbocycles. The van der Waals surface area contributed by atoms with Crippen molar-refractivity contribution in [3.63, 3.8) is 0 Å². The highest BCUT2D eigenvalue weighted by molar-refractivity contribution is 9.09. The summed E-state index contributed by atoms with van der Waals surface area (Å²) in [6, 6.07) is -0.246. The third-order valence-corrected chi connectivity index (χ3v) is 7.56. The number of esters is 1. The van der Waals surface area contributed by atoms with Crippen molar-refractivity contribution < 1.29 is 14.3 Å². The van der Waals surface area contributed by atoms with Crippen LogP contribution < -0.4 is 4.90 Å². The predicted molar refractivity (Wildman–Crippen MR) is 118 cm³/mol. The van der Waals surface area contributed by atoms with Crippen molar-refractivity contribution in [2.45, 2.75) is 87.7 Å². The van der Waals surface area contributed by atoms with Gasteiger partial charge in [-0.2, -0.15) is 0 Å². The van der Waals surface area contributed by atoms with Crippen LogP contribution in [0.15, 0.2) is 0 Å². The van der Waals surface area contributed by atoms with E-state index in [-0.39, 0.29) is 11.0 Å². The smallest absolute Gasteiger partial charge is 0.330 e. The van der Waals surface area contributed by atoms with Crippen LogP contribution in [-0.2, 0) is 9.53 Å². The van der Waals surface area contributed by atoms with Gasteiger partial charge in [0.2, 0.25) is 5.13 Å². The molecule has 0 N–H and O–H groups in total. The molecule has 1 saturated heterocycles. The van der Waals surface area contributed by atoms with Crippen molar-refractivity contribution in [1.29, 1.82) is 0 Å². The Labute approximate surface area is 189 Å². The molecule has 29 heavy (non-hydrogen) atoms. The molecule has 1 aromatic heterocycles. The number of rotatable bonds is 6. The fourth-order valence-electron chi connectivity index (χ4n) is 3.77. The lowest BCUT2D eigenvalue weighted by Gasteiger charge is -2.40. The Balaban J connectivity index is 1.83. The van der Waals surface area contributed by atoms with Crippen LogP contribution in [0.1, 0.15) is 76.1 Å². The van der Waals surface area contributed by atoms with E-state index < -0.39 is 17.6 Å². The number of nitrogens with zero attached hydrogens (tertiary/aromatic N) is 4. The Bertz CT molecular complexity index is 711. The first-order valence-corrected chi connectivity index (χ1v) is 12.5. The quantitative estimate of drug-likeness (QED) is 0.228. The fourth-order valence-corrected chi connectivity index (χ4v) is 5.25. The van der Waals surface area contributed by atoms with Gasteiger partial charge in [0.1, 0.15) is 10.4 Å². The first kappa shape index (κ1) is 22.7. The molecule has 2 unspecified atom stereocenters. The molecule has 3 rings (SSSR count). The summed E-state index contributed by atoms with van der Waals surface area (Å²) in [5, 5.41) is 9.44. The van der Waals surface area contributed by atoms with E-state index in [1.807, 2.05) is 13.8 Å². The first-order chi connectivity index (χ1) is 13.9. The molecule has 162 valence electrons. The number of carbonyl (C=O) groups is 2. The number of alkyl halides is 2. The van der Waals surface area contributed by atoms with Gasteiger partial charge in [0.05, 0.1) is 4.95 Å². The molecule has 0 aromatic carbocycles. The molecule has 2 fully saturated rings. The Hall–Kier alpha value is -0.930. The molecule has 1 aliphatic carbocycles. The maximum absolute atomic E-state index is 13.2. The highest BCUT2D eigenvalue weighted by Gasteiger charge is 2.40. The molecule has 2 amide bonds. The Morgan fingerprint density at radius 1 is 1.28 bits per heavy atom. The lowest BCUT2D eigenvalue weighted by atomic mass is 10.0. The maximum Gasteiger partial charge on any atom is 0.330 e. The Morgan fingerprint density at radius 3 is 2.59 bits per heavy atom. The standard InChI is InChI=1S/C19H28BrClN4O3S/c1-3-14(21)17(26)28-15-10-11-24(12(2)20)19(27)25(15)18-23-22-16(29-18)13-8-6-4-5-7-9-13/h12-15H,3-11H2,1-2H3/t12?,14?,15-/m1/s1. The summed E-state index contributed by atoms with van der Waals surface area (Å²) >= 11 is 11.0. The van der Waals surface area contributed by atoms with Crippen LogP contribution in [0.3, 0.4) is 0 Å². The van der Waals surface area contributed by atoms with E-state index >= 15 is 0 Å². The normalized spacial score (nSPS) is 23.6. The molecule has 0 bridgehead atoms. The molecular weight excluding hydrogens is 480 g/mol. The second kappa shape index (κ2) is 10.4. The van der Waals surface area contributed by atoms with Crippen LogP contribution in [0, 0.1) is 0 Å². The van der Waals surface area contributed by atoms with Crippen molar-refractivity contribution in [2.24, 2.45) is 0 Å². The Morgan fingerprint density at radius 2 is 1.97 bits per heavy atom. The zero-order chi connectivity index (χ0) is 21.0. The Kier molecular flexibility index (Phi) is 8.15. The zero-order valence-electron chi connectivity index (χ0n) is 16.9. The number of ether oxygens (including phenoxy) is 1. The van der Waals surface area contributed by atoms with Crippen LogP contribution >= 0.6 is 38.9 Å². The number of aromatic nitrogens is 2. The average Bonchev–Trinajstić information content (AvgIpc) is 3.01. The van der Waals surface area contributed by atoms with Gasteiger partial charge in [0.15, 0.2) is 6.23 Å². The van der Waals surface area contributed by atoms with Gasteiger partial charge in [-0.05, 0) is 26.2 Å². The highest BCUT2D eigenvalue weighted by atomic mass is 79.9. The maximum atomic E-state index is 13.2. The highest BCUT2D eigenvalue weighted by Crippen LogP contribution is 2.37. The van der Waals surface area contributed by atoms with Crippen molar-refractivity contribution in [3.8, 4) is 0 Å². The summed E-state index contributed by atoms with van der Waals surface area (Å²) in [6.07, 6.45) is 7.37. The lowest BCUT2D eigenvalue weighted by molar-refractivity contribution is -0.149. The van der Waals surface area contributed by atoms with E-state index in [0.29, 0.717) is 30.4 Å². The average molecular weight is 508 g/mol. The van der Waals surface area contributed by atoms with E-state index in [1.54, 1.807) is 4.90 Å². The van der Waals surface area contributed by atoms with Gasteiger partial charge in [-0.15, -0.1) is 21.8 Å². The summed E-state index contributed by atoms with van der Waals surface area (Å²) in [5.74, 6) is -0.117. The van der Waals surface area contributed by atoms with Crippen molar-refractivity contribution in [3.05, 3.63) is 5.01 Å². The monoisotopic (exact) mass is 506 g/mol. The molecule has 3 atom stereocenters. The van der Waals surface area contributed by atoms with Crippen LogP contribution in [0.25, 0.3) is 0 Å². The van der Waals surface area contributed by atoms with E-state index in [4.69, 9.17) is 16.3 Å². The van der Waals surface area contributed by atoms with Crippen LogP contribution in [0.2, 0.25) is 0 Å². The summed E-state index contributed by atoms with van der Waals surface area (Å²) in [5.41, 5.74) is 0. The molecule has 1 aromatic rings. The fraction of sp³-hybridized carbons (Fsp3) is 0.789. The summed E-state index contributed by atoms with van der Waals surface area (Å²) in [6.45, 7) is 4.19. The number of amides is 2. The molecule has 1 aliphatic heterocycles. The van der Waals surface area contributed by atoms with Crippen molar-refractivity contribution in [2.75, 3.05) is 11.4 Å². The number of halogens is 2. The van der Waals surface area contributed by atoms with Gasteiger partial charge >= 0.3 is 12.0 Å². The van der Waals surface area contributed by atoms with Gasteiger partial charge in [0, 0.05) is 18.9 Å². The zero-order valence-corrected chi connectivity index (χ0v) is 20.0. The topological polar surface area (TPSA) is 75.6 Å². The molecule has 0 radical (unpaired) electrons. The van der Waals surface area contributed by atoms with Crippen LogP contribution in [0.4, 0.5) is 9.93 Å². The molecule has 2 aliphatic rings. The first-order valence-electron chi connectivity index (χ1n) is 10.3. The number of hydrogen-bond acceptors (Lipinski definition) is 6. The summed E-state index contributed by atoms with van der Waals surface area (Å²) in [7, 11) is 0. The number of anilines is 1. The largest absolute Gasteiger partial charge is 0.440 e. The number of hydrogen-bond donors (Lipinski definition) is 0. The SMILES string of the molecule is CCC(Cl)C(=O)O[C@@H]1CCN(C(C)Br)C(=O)N1c1nnc(C2CCCCCC2)s1. The van der Waals surface area contributed by atoms with E-state index in [2.05, 4.69) is 26.1 Å². The van der Waals surface area contributed by atoms with E-state index in [0.717, 1.165) is 17.8 Å². The number of urea groups is 1. The summed E-state index contributed by atoms with van der Waals surface area (Å²) < 4.78 is 5.62. The molecule has 2 heterocycles. The van der Waals surface area contributed by atoms with Gasteiger partial charge < -0.3 is 9.64 Å². The van der Waals surface area contributed by atoms with Gasteiger partial charge in [-0.3, -0.25) is 4.79 Å². The second-order valence-corrected chi connectivity index (χ2v) is 10.4. The minimum absolute atomic E-state index is 0.139. The second-order valence-electron chi connectivity index (χ2n) is 7.59. The minimum Gasteiger partial charge on any atom is -0.440 e. The van der Waals surface area contributed by atoms with Gasteiger partial charge in [-0.25, -0.2) is 9.69 Å². The number of carbonyl (C=O) groups excluding carboxylic acids is 2. The molecule has 7 nitrogen and oxygen atoms in total. The summed E-state index contributed by atoms with van der Waals surface area (Å²) in [4.78, 5) is 28.5. The molecular formula is C19H28BrClN4O3S. The third kappa shape index (κ3) is 5.41. The van der Waals surface area contributed by atoms with Crippen molar-refractivity contribution in [1.82, 2.24) is 15.1 Å². The van der Waals surface area contributed by atoms with E-state index in [1.165, 1.54) is 41.9 Å². The molecule has 0 spiro atoms. The predicted octanol–water partition coefficient (Wildman–Crippen LogP) is 5.24. The molecule has 10 heteroatoms. The van der Waals surface area contributed by atoms with Crippen LogP contribution in [0.5, 0.6) is 0 Å². The van der Waals surface area contributed by atoms with E-state index in [9.17, 15) is 9.59 Å². The van der Waals surface area contributed by atoms with Crippen LogP contribution in [-0.4, -0.2) is 50.2 Å². The van der Waals surface area contributed by atoms with Gasteiger partial charge in [-0.1, -0.05) is 59.9 Å². The van der Waals surface area contributed by atoms with Crippen molar-refractivity contribution >= 4 is 56.0 Å². The third-order valence-electron chi connectivity index (χ3n) is 5.49. The lowest BCUT2D eigenvalue weighted by Crippen LogP contribution is -2.57.